The fourth-order valence-corrected chi connectivity index (χ4v) is 2.13. The van der Waals surface area contributed by atoms with Gasteiger partial charge in [-0.15, -0.1) is 11.8 Å². The highest BCUT2D eigenvalue weighted by molar-refractivity contribution is 7.99. The maximum absolute atomic E-state index is 11.2. The van der Waals surface area contributed by atoms with E-state index in [0.717, 1.165) is 10.6 Å². The van der Waals surface area contributed by atoms with Gasteiger partial charge in [-0.25, -0.2) is 0 Å². The molecule has 5 heteroatoms. The molecule has 0 amide bonds. The van der Waals surface area contributed by atoms with Crippen LogP contribution in [-0.4, -0.2) is 23.4 Å². The Morgan fingerprint density at radius 2 is 1.83 bits per heavy atom. The standard InChI is InChI=1S/C13H16N2O2S/c1-4-18-12-8-6-5-7-11(12)14-15-13(9(2)16)10(3)17/h5-8,13H,4H2,1-3H3. The predicted molar refractivity (Wildman–Crippen MR) is 72.5 cm³/mol. The number of thioether (sulfide) groups is 1. The number of hydrogen-bond acceptors (Lipinski definition) is 5. The molecule has 0 N–H and O–H groups in total. The van der Waals surface area contributed by atoms with Crippen LogP contribution in [0.3, 0.4) is 0 Å². The van der Waals surface area contributed by atoms with Gasteiger partial charge in [0.05, 0.1) is 5.69 Å². The van der Waals surface area contributed by atoms with E-state index in [9.17, 15) is 9.59 Å². The summed E-state index contributed by atoms with van der Waals surface area (Å²) in [6, 6.07) is 6.55. The van der Waals surface area contributed by atoms with Gasteiger partial charge in [-0.1, -0.05) is 19.1 Å². The van der Waals surface area contributed by atoms with Crippen molar-refractivity contribution < 1.29 is 9.59 Å². The Balaban J connectivity index is 2.95. The Morgan fingerprint density at radius 3 is 2.39 bits per heavy atom. The van der Waals surface area contributed by atoms with Crippen molar-refractivity contribution in [2.24, 2.45) is 10.2 Å². The number of ketones is 2. The maximum atomic E-state index is 11.2. The molecule has 0 aliphatic rings. The largest absolute Gasteiger partial charge is 0.297 e. The molecule has 96 valence electrons. The van der Waals surface area contributed by atoms with Crippen molar-refractivity contribution in [2.75, 3.05) is 5.75 Å². The molecule has 0 unspecified atom stereocenters. The monoisotopic (exact) mass is 264 g/mol. The molecular formula is C13H16N2O2S. The molecule has 0 aromatic heterocycles. The van der Waals surface area contributed by atoms with Gasteiger partial charge in [-0.2, -0.15) is 10.2 Å². The lowest BCUT2D eigenvalue weighted by Gasteiger charge is -2.04. The van der Waals surface area contributed by atoms with E-state index in [-0.39, 0.29) is 11.6 Å². The smallest absolute Gasteiger partial charge is 0.187 e. The van der Waals surface area contributed by atoms with Crippen LogP contribution >= 0.6 is 11.8 Å². The summed E-state index contributed by atoms with van der Waals surface area (Å²) in [5.74, 6) is 0.355. The van der Waals surface area contributed by atoms with Gasteiger partial charge < -0.3 is 0 Å². The first-order chi connectivity index (χ1) is 8.56. The second kappa shape index (κ2) is 7.06. The number of carbonyl (C=O) groups excluding carboxylic acids is 2. The van der Waals surface area contributed by atoms with Gasteiger partial charge in [0.15, 0.2) is 17.6 Å². The van der Waals surface area contributed by atoms with E-state index in [1.807, 2.05) is 31.2 Å². The quantitative estimate of drug-likeness (QED) is 0.449. The van der Waals surface area contributed by atoms with Gasteiger partial charge in [0.25, 0.3) is 0 Å². The Morgan fingerprint density at radius 1 is 1.22 bits per heavy atom. The summed E-state index contributed by atoms with van der Waals surface area (Å²) in [6.45, 7) is 4.74. The first-order valence-electron chi connectivity index (χ1n) is 5.69. The zero-order chi connectivity index (χ0) is 13.5. The summed E-state index contributed by atoms with van der Waals surface area (Å²) >= 11 is 1.65. The highest BCUT2D eigenvalue weighted by Gasteiger charge is 2.18. The van der Waals surface area contributed by atoms with Gasteiger partial charge in [-0.3, -0.25) is 9.59 Å². The number of azo groups is 1. The third-order valence-corrected chi connectivity index (χ3v) is 3.16. The van der Waals surface area contributed by atoms with Gasteiger partial charge >= 0.3 is 0 Å². The minimum absolute atomic E-state index is 0.285. The zero-order valence-corrected chi connectivity index (χ0v) is 11.5. The molecule has 18 heavy (non-hydrogen) atoms. The topological polar surface area (TPSA) is 58.9 Å². The first kappa shape index (κ1) is 14.6. The lowest BCUT2D eigenvalue weighted by molar-refractivity contribution is -0.126. The number of nitrogens with zero attached hydrogens (tertiary/aromatic N) is 2. The summed E-state index contributed by atoms with van der Waals surface area (Å²) in [4.78, 5) is 23.5. The number of carbonyl (C=O) groups is 2. The molecule has 0 spiro atoms. The molecule has 1 aromatic carbocycles. The molecule has 0 fully saturated rings. The minimum Gasteiger partial charge on any atom is -0.297 e. The Bertz CT molecular complexity index is 458. The van der Waals surface area contributed by atoms with E-state index in [0.29, 0.717) is 5.69 Å². The summed E-state index contributed by atoms with van der Waals surface area (Å²) in [7, 11) is 0. The van der Waals surface area contributed by atoms with Crippen molar-refractivity contribution in [3.8, 4) is 0 Å². The minimum atomic E-state index is -0.982. The van der Waals surface area contributed by atoms with Crippen LogP contribution in [-0.2, 0) is 9.59 Å². The summed E-state index contributed by atoms with van der Waals surface area (Å²) in [5.41, 5.74) is 0.692. The molecule has 0 bridgehead atoms. The normalized spacial score (nSPS) is 11.1. The van der Waals surface area contributed by atoms with Crippen LogP contribution in [0.5, 0.6) is 0 Å². The van der Waals surface area contributed by atoms with Crippen molar-refractivity contribution in [1.82, 2.24) is 0 Å². The Labute approximate surface area is 111 Å². The second-order valence-electron chi connectivity index (χ2n) is 3.74. The van der Waals surface area contributed by atoms with E-state index in [1.165, 1.54) is 13.8 Å². The van der Waals surface area contributed by atoms with Gasteiger partial charge in [-0.05, 0) is 31.7 Å². The van der Waals surface area contributed by atoms with Gasteiger partial charge in [0, 0.05) is 4.90 Å². The third-order valence-electron chi connectivity index (χ3n) is 2.22. The number of benzene rings is 1. The molecule has 0 saturated carbocycles. The summed E-state index contributed by atoms with van der Waals surface area (Å²) in [5, 5.41) is 7.88. The molecule has 0 heterocycles. The van der Waals surface area contributed by atoms with Crippen molar-refractivity contribution in [3.05, 3.63) is 24.3 Å². The van der Waals surface area contributed by atoms with Crippen molar-refractivity contribution in [3.63, 3.8) is 0 Å². The molecule has 1 aromatic rings. The van der Waals surface area contributed by atoms with Crippen LogP contribution in [0.25, 0.3) is 0 Å². The lowest BCUT2D eigenvalue weighted by Crippen LogP contribution is -2.23. The highest BCUT2D eigenvalue weighted by Crippen LogP contribution is 2.29. The van der Waals surface area contributed by atoms with E-state index >= 15 is 0 Å². The predicted octanol–water partition coefficient (Wildman–Crippen LogP) is 3.43. The van der Waals surface area contributed by atoms with Crippen molar-refractivity contribution in [2.45, 2.75) is 31.7 Å². The highest BCUT2D eigenvalue weighted by atomic mass is 32.2. The molecule has 0 radical (unpaired) electrons. The van der Waals surface area contributed by atoms with Gasteiger partial charge in [0.1, 0.15) is 0 Å². The fraction of sp³-hybridized carbons (Fsp3) is 0.385. The van der Waals surface area contributed by atoms with Gasteiger partial charge in [0.2, 0.25) is 0 Å². The number of hydrogen-bond donors (Lipinski definition) is 0. The number of rotatable bonds is 6. The molecule has 0 saturated heterocycles. The first-order valence-corrected chi connectivity index (χ1v) is 6.68. The van der Waals surface area contributed by atoms with Crippen LogP contribution in [0.2, 0.25) is 0 Å². The lowest BCUT2D eigenvalue weighted by atomic mass is 10.1. The van der Waals surface area contributed by atoms with E-state index < -0.39 is 6.04 Å². The summed E-state index contributed by atoms with van der Waals surface area (Å²) < 4.78 is 0. The molecule has 0 aliphatic carbocycles. The Kier molecular flexibility index (Phi) is 5.71. The summed E-state index contributed by atoms with van der Waals surface area (Å²) in [6.07, 6.45) is 0. The second-order valence-corrected chi connectivity index (χ2v) is 5.05. The van der Waals surface area contributed by atoms with Crippen LogP contribution in [0.1, 0.15) is 20.8 Å². The average Bonchev–Trinajstić information content (AvgIpc) is 2.31. The van der Waals surface area contributed by atoms with Crippen LogP contribution in [0.4, 0.5) is 5.69 Å². The molecular weight excluding hydrogens is 248 g/mol. The van der Waals surface area contributed by atoms with Crippen LogP contribution < -0.4 is 0 Å². The third kappa shape index (κ3) is 4.07. The van der Waals surface area contributed by atoms with E-state index in [1.54, 1.807) is 11.8 Å². The van der Waals surface area contributed by atoms with Crippen LogP contribution in [0.15, 0.2) is 39.4 Å². The van der Waals surface area contributed by atoms with E-state index in [2.05, 4.69) is 10.2 Å². The SMILES string of the molecule is CCSc1ccccc1N=NC(C(C)=O)C(C)=O. The van der Waals surface area contributed by atoms with Crippen molar-refractivity contribution in [1.29, 1.82) is 0 Å². The molecule has 4 nitrogen and oxygen atoms in total. The average molecular weight is 264 g/mol. The molecule has 0 atom stereocenters. The molecule has 1 rings (SSSR count). The Hall–Kier alpha value is -1.49. The zero-order valence-electron chi connectivity index (χ0n) is 10.7. The van der Waals surface area contributed by atoms with Crippen LogP contribution in [0, 0.1) is 0 Å². The molecule has 0 aliphatic heterocycles. The maximum Gasteiger partial charge on any atom is 0.187 e. The fourth-order valence-electron chi connectivity index (χ4n) is 1.39. The number of Topliss-reactive ketones (excluding diaryl/α,β-unsaturated/α-hetero) is 2. The van der Waals surface area contributed by atoms with Crippen molar-refractivity contribution >= 4 is 29.0 Å². The van der Waals surface area contributed by atoms with E-state index in [4.69, 9.17) is 0 Å².